The Morgan fingerprint density at radius 3 is 2.44 bits per heavy atom. The first-order valence-corrected chi connectivity index (χ1v) is 8.39. The van der Waals surface area contributed by atoms with Crippen LogP contribution in [0.1, 0.15) is 15.9 Å². The van der Waals surface area contributed by atoms with Crippen molar-refractivity contribution >= 4 is 28.9 Å². The average Bonchev–Trinajstić information content (AvgIpc) is 2.63. The minimum atomic E-state index is -0.516. The van der Waals surface area contributed by atoms with Crippen LogP contribution in [0.25, 0.3) is 0 Å². The molecule has 1 aliphatic heterocycles. The van der Waals surface area contributed by atoms with Crippen molar-refractivity contribution in [3.05, 3.63) is 68.7 Å². The fourth-order valence-corrected chi connectivity index (χ4v) is 3.11. The third-order valence-electron chi connectivity index (χ3n) is 4.42. The number of nitro benzene ring substituents is 1. The van der Waals surface area contributed by atoms with E-state index in [0.29, 0.717) is 26.2 Å². The maximum atomic E-state index is 12.6. The van der Waals surface area contributed by atoms with Gasteiger partial charge in [-0.1, -0.05) is 29.8 Å². The zero-order valence-electron chi connectivity index (χ0n) is 13.8. The van der Waals surface area contributed by atoms with Crippen molar-refractivity contribution in [2.24, 2.45) is 0 Å². The molecule has 25 heavy (non-hydrogen) atoms. The topological polar surface area (TPSA) is 66.7 Å². The van der Waals surface area contributed by atoms with Crippen LogP contribution in [0.3, 0.4) is 0 Å². The maximum Gasteiger partial charge on any atom is 0.282 e. The lowest BCUT2D eigenvalue weighted by atomic mass is 10.1. The second-order valence-electron chi connectivity index (χ2n) is 5.99. The van der Waals surface area contributed by atoms with Crippen LogP contribution in [0.5, 0.6) is 0 Å². The number of halogens is 1. The number of nitro groups is 1. The van der Waals surface area contributed by atoms with Crippen LogP contribution in [0.2, 0.25) is 5.02 Å². The van der Waals surface area contributed by atoms with Gasteiger partial charge < -0.3 is 9.80 Å². The van der Waals surface area contributed by atoms with Gasteiger partial charge in [0.25, 0.3) is 11.6 Å². The van der Waals surface area contributed by atoms with E-state index in [4.69, 9.17) is 11.6 Å². The van der Waals surface area contributed by atoms with E-state index >= 15 is 0 Å². The summed E-state index contributed by atoms with van der Waals surface area (Å²) in [4.78, 5) is 27.1. The summed E-state index contributed by atoms with van der Waals surface area (Å²) >= 11 is 6.18. The van der Waals surface area contributed by atoms with Crippen molar-refractivity contribution in [3.63, 3.8) is 0 Å². The maximum absolute atomic E-state index is 12.6. The van der Waals surface area contributed by atoms with E-state index in [1.54, 1.807) is 17.0 Å². The number of benzene rings is 2. The number of rotatable bonds is 3. The first-order valence-electron chi connectivity index (χ1n) is 8.01. The number of carbonyl (C=O) groups is 1. The van der Waals surface area contributed by atoms with Crippen LogP contribution in [0, 0.1) is 17.0 Å². The number of piperazine rings is 1. The van der Waals surface area contributed by atoms with Crippen molar-refractivity contribution in [1.29, 1.82) is 0 Å². The molecule has 0 radical (unpaired) electrons. The molecule has 0 saturated carbocycles. The third kappa shape index (κ3) is 3.58. The number of para-hydroxylation sites is 1. The van der Waals surface area contributed by atoms with Gasteiger partial charge in [-0.15, -0.1) is 0 Å². The van der Waals surface area contributed by atoms with Crippen molar-refractivity contribution in [3.8, 4) is 0 Å². The molecule has 6 nitrogen and oxygen atoms in total. The van der Waals surface area contributed by atoms with Gasteiger partial charge in [0.05, 0.1) is 4.92 Å². The molecule has 130 valence electrons. The summed E-state index contributed by atoms with van der Waals surface area (Å²) in [5.41, 5.74) is 2.03. The van der Waals surface area contributed by atoms with Crippen molar-refractivity contribution < 1.29 is 9.72 Å². The molecular weight excluding hydrogens is 342 g/mol. The number of amides is 1. The first-order chi connectivity index (χ1) is 12.0. The smallest absolute Gasteiger partial charge is 0.282 e. The second kappa shape index (κ2) is 7.11. The van der Waals surface area contributed by atoms with Crippen molar-refractivity contribution in [2.75, 3.05) is 31.1 Å². The summed E-state index contributed by atoms with van der Waals surface area (Å²) in [5, 5.41) is 11.8. The first kappa shape index (κ1) is 17.2. The van der Waals surface area contributed by atoms with Gasteiger partial charge in [0.1, 0.15) is 5.56 Å². The van der Waals surface area contributed by atoms with Gasteiger partial charge in [-0.3, -0.25) is 14.9 Å². The van der Waals surface area contributed by atoms with E-state index in [9.17, 15) is 14.9 Å². The molecule has 3 rings (SSSR count). The number of anilines is 1. The lowest BCUT2D eigenvalue weighted by Crippen LogP contribution is -2.48. The average molecular weight is 360 g/mol. The predicted octanol–water partition coefficient (Wildman–Crippen LogP) is 3.52. The standard InChI is InChI=1S/C18H18ClN3O3/c1-13-6-7-14(12-16(13)19)20-8-10-21(11-9-20)18(23)15-4-2-3-5-17(15)22(24)25/h2-7,12H,8-11H2,1H3. The summed E-state index contributed by atoms with van der Waals surface area (Å²) < 4.78 is 0. The van der Waals surface area contributed by atoms with E-state index in [2.05, 4.69) is 4.90 Å². The summed E-state index contributed by atoms with van der Waals surface area (Å²) in [5.74, 6) is -0.297. The molecule has 0 aromatic heterocycles. The largest absolute Gasteiger partial charge is 0.368 e. The molecule has 0 atom stereocenters. The lowest BCUT2D eigenvalue weighted by Gasteiger charge is -2.36. The van der Waals surface area contributed by atoms with Gasteiger partial charge in [-0.2, -0.15) is 0 Å². The fourth-order valence-electron chi connectivity index (χ4n) is 2.93. The minimum absolute atomic E-state index is 0.138. The highest BCUT2D eigenvalue weighted by atomic mass is 35.5. The molecule has 2 aromatic rings. The molecule has 0 bridgehead atoms. The predicted molar refractivity (Wildman–Crippen MR) is 97.4 cm³/mol. The van der Waals surface area contributed by atoms with Crippen molar-refractivity contribution in [1.82, 2.24) is 4.90 Å². The summed E-state index contributed by atoms with van der Waals surface area (Å²) in [6.07, 6.45) is 0. The highest BCUT2D eigenvalue weighted by Crippen LogP contribution is 2.25. The monoisotopic (exact) mass is 359 g/mol. The molecule has 2 aromatic carbocycles. The van der Waals surface area contributed by atoms with E-state index < -0.39 is 4.92 Å². The molecule has 1 fully saturated rings. The Labute approximate surface area is 150 Å². The molecule has 1 saturated heterocycles. The Hall–Kier alpha value is -2.60. The van der Waals surface area contributed by atoms with Crippen LogP contribution < -0.4 is 4.90 Å². The molecule has 7 heteroatoms. The van der Waals surface area contributed by atoms with Crippen LogP contribution in [0.15, 0.2) is 42.5 Å². The fraction of sp³-hybridized carbons (Fsp3) is 0.278. The minimum Gasteiger partial charge on any atom is -0.368 e. The van der Waals surface area contributed by atoms with Crippen LogP contribution >= 0.6 is 11.6 Å². The zero-order valence-corrected chi connectivity index (χ0v) is 14.6. The van der Waals surface area contributed by atoms with E-state index in [0.717, 1.165) is 16.3 Å². The van der Waals surface area contributed by atoms with Gasteiger partial charge >= 0.3 is 0 Å². The Morgan fingerprint density at radius 1 is 1.12 bits per heavy atom. The molecule has 0 spiro atoms. The van der Waals surface area contributed by atoms with Gasteiger partial charge in [0.2, 0.25) is 0 Å². The highest BCUT2D eigenvalue weighted by Gasteiger charge is 2.27. The molecule has 1 heterocycles. The third-order valence-corrected chi connectivity index (χ3v) is 4.83. The number of hydrogen-bond donors (Lipinski definition) is 0. The Balaban J connectivity index is 1.71. The summed E-state index contributed by atoms with van der Waals surface area (Å²) in [7, 11) is 0. The van der Waals surface area contributed by atoms with Gasteiger partial charge in [0.15, 0.2) is 0 Å². The quantitative estimate of drug-likeness (QED) is 0.621. The molecule has 0 unspecified atom stereocenters. The van der Waals surface area contributed by atoms with E-state index in [-0.39, 0.29) is 17.2 Å². The number of aryl methyl sites for hydroxylation is 1. The second-order valence-corrected chi connectivity index (χ2v) is 6.39. The summed E-state index contributed by atoms with van der Waals surface area (Å²) in [6.45, 7) is 4.29. The van der Waals surface area contributed by atoms with E-state index in [1.807, 2.05) is 25.1 Å². The van der Waals surface area contributed by atoms with Gasteiger partial charge in [0, 0.05) is 43.0 Å². The van der Waals surface area contributed by atoms with Crippen LogP contribution in [-0.2, 0) is 0 Å². The highest BCUT2D eigenvalue weighted by molar-refractivity contribution is 6.31. The van der Waals surface area contributed by atoms with Gasteiger partial charge in [-0.25, -0.2) is 0 Å². The number of hydrogen-bond acceptors (Lipinski definition) is 4. The molecular formula is C18H18ClN3O3. The Morgan fingerprint density at radius 2 is 1.80 bits per heavy atom. The van der Waals surface area contributed by atoms with Crippen LogP contribution in [-0.4, -0.2) is 41.9 Å². The number of nitrogens with zero attached hydrogens (tertiary/aromatic N) is 3. The Bertz CT molecular complexity index is 817. The normalized spacial score (nSPS) is 14.5. The van der Waals surface area contributed by atoms with Crippen molar-refractivity contribution in [2.45, 2.75) is 6.92 Å². The van der Waals surface area contributed by atoms with E-state index in [1.165, 1.54) is 12.1 Å². The SMILES string of the molecule is Cc1ccc(N2CCN(C(=O)c3ccccc3[N+](=O)[O-])CC2)cc1Cl. The molecule has 0 aliphatic carbocycles. The Kier molecular flexibility index (Phi) is 4.90. The lowest BCUT2D eigenvalue weighted by molar-refractivity contribution is -0.385. The molecule has 1 aliphatic rings. The van der Waals surface area contributed by atoms with Crippen LogP contribution in [0.4, 0.5) is 11.4 Å². The molecule has 0 N–H and O–H groups in total. The molecule has 1 amide bonds. The number of carbonyl (C=O) groups excluding carboxylic acids is 1. The van der Waals surface area contributed by atoms with Gasteiger partial charge in [-0.05, 0) is 30.7 Å². The zero-order chi connectivity index (χ0) is 18.0. The summed E-state index contributed by atoms with van der Waals surface area (Å²) in [6, 6.07) is 12.0.